The number of carbonyl (C=O) groups excluding carboxylic acids is 1. The third-order valence-electron chi connectivity index (χ3n) is 2.46. The van der Waals surface area contributed by atoms with Crippen LogP contribution in [0.3, 0.4) is 0 Å². The highest BCUT2D eigenvalue weighted by molar-refractivity contribution is 5.51. The Morgan fingerprint density at radius 2 is 2.38 bits per heavy atom. The van der Waals surface area contributed by atoms with Crippen LogP contribution in [-0.2, 0) is 4.79 Å². The summed E-state index contributed by atoms with van der Waals surface area (Å²) in [5, 5.41) is 6.04. The fourth-order valence-corrected chi connectivity index (χ4v) is 1.88. The van der Waals surface area contributed by atoms with Gasteiger partial charge >= 0.3 is 0 Å². The zero-order chi connectivity index (χ0) is 9.68. The van der Waals surface area contributed by atoms with Crippen molar-refractivity contribution in [1.29, 1.82) is 0 Å². The van der Waals surface area contributed by atoms with Crippen LogP contribution in [0.25, 0.3) is 0 Å². The summed E-state index contributed by atoms with van der Waals surface area (Å²) in [5.41, 5.74) is 1.36. The molecule has 0 saturated carbocycles. The predicted molar refractivity (Wildman–Crippen MR) is 53.3 cm³/mol. The maximum Gasteiger partial charge on any atom is 0.120 e. The van der Waals surface area contributed by atoms with Crippen LogP contribution in [0.4, 0.5) is 0 Å². The van der Waals surface area contributed by atoms with Gasteiger partial charge in [0.1, 0.15) is 6.29 Å². The summed E-state index contributed by atoms with van der Waals surface area (Å²) < 4.78 is 0. The smallest absolute Gasteiger partial charge is 0.120 e. The standard InChI is InChI=1S/C8H11NO.C2H7N/c10-2-1-6-3-8-4-7(6)5-9-8;1-3-2/h2-3,6-7,9H,1,4-5H2;3H,1-2H3. The van der Waals surface area contributed by atoms with Gasteiger partial charge in [-0.15, -0.1) is 0 Å². The van der Waals surface area contributed by atoms with Gasteiger partial charge in [-0.2, -0.15) is 0 Å². The third-order valence-corrected chi connectivity index (χ3v) is 2.46. The Morgan fingerprint density at radius 1 is 1.69 bits per heavy atom. The van der Waals surface area contributed by atoms with Gasteiger partial charge in [-0.3, -0.25) is 0 Å². The molecule has 2 rings (SSSR count). The Labute approximate surface area is 79.6 Å². The molecule has 0 aromatic heterocycles. The van der Waals surface area contributed by atoms with Crippen molar-refractivity contribution in [2.75, 3.05) is 20.6 Å². The topological polar surface area (TPSA) is 41.1 Å². The molecule has 74 valence electrons. The lowest BCUT2D eigenvalue weighted by Crippen LogP contribution is -2.20. The molecule has 0 radical (unpaired) electrons. The predicted octanol–water partition coefficient (Wildman–Crippen LogP) is 0.534. The molecule has 13 heavy (non-hydrogen) atoms. The number of rotatable bonds is 2. The Kier molecular flexibility index (Phi) is 3.96. The molecule has 1 aliphatic carbocycles. The quantitative estimate of drug-likeness (QED) is 0.612. The fourth-order valence-electron chi connectivity index (χ4n) is 1.88. The Balaban J connectivity index is 0.000000251. The van der Waals surface area contributed by atoms with E-state index in [9.17, 15) is 4.79 Å². The molecule has 2 N–H and O–H groups in total. The van der Waals surface area contributed by atoms with Crippen LogP contribution >= 0.6 is 0 Å². The van der Waals surface area contributed by atoms with E-state index in [4.69, 9.17) is 0 Å². The van der Waals surface area contributed by atoms with E-state index in [2.05, 4.69) is 16.7 Å². The van der Waals surface area contributed by atoms with Crippen molar-refractivity contribution in [3.05, 3.63) is 11.8 Å². The molecule has 3 heteroatoms. The van der Waals surface area contributed by atoms with E-state index in [-0.39, 0.29) is 0 Å². The van der Waals surface area contributed by atoms with E-state index in [0.717, 1.165) is 25.2 Å². The lowest BCUT2D eigenvalue weighted by atomic mass is 9.94. The Bertz CT molecular complexity index is 201. The first-order chi connectivity index (χ1) is 6.31. The third kappa shape index (κ3) is 2.56. The van der Waals surface area contributed by atoms with E-state index in [1.165, 1.54) is 12.1 Å². The molecule has 1 heterocycles. The molecule has 2 atom stereocenters. The molecule has 2 bridgehead atoms. The van der Waals surface area contributed by atoms with E-state index in [1.807, 2.05) is 14.1 Å². The molecule has 1 fully saturated rings. The van der Waals surface area contributed by atoms with Crippen LogP contribution in [0.5, 0.6) is 0 Å². The van der Waals surface area contributed by atoms with Gasteiger partial charge in [0, 0.05) is 18.7 Å². The minimum Gasteiger partial charge on any atom is -0.388 e. The molecule has 0 aromatic carbocycles. The first-order valence-corrected chi connectivity index (χ1v) is 4.78. The van der Waals surface area contributed by atoms with Crippen molar-refractivity contribution in [3.63, 3.8) is 0 Å². The van der Waals surface area contributed by atoms with Crippen LogP contribution in [0, 0.1) is 11.8 Å². The summed E-state index contributed by atoms with van der Waals surface area (Å²) in [4.78, 5) is 10.2. The molecule has 0 aromatic rings. The lowest BCUT2D eigenvalue weighted by molar-refractivity contribution is -0.108. The number of allylic oxidation sites excluding steroid dienone is 2. The molecule has 1 saturated heterocycles. The first kappa shape index (κ1) is 10.3. The summed E-state index contributed by atoms with van der Waals surface area (Å²) >= 11 is 0. The number of hydrogen-bond acceptors (Lipinski definition) is 3. The highest BCUT2D eigenvalue weighted by Gasteiger charge is 2.31. The molecular weight excluding hydrogens is 164 g/mol. The van der Waals surface area contributed by atoms with Crippen molar-refractivity contribution < 1.29 is 4.79 Å². The number of nitrogens with one attached hydrogen (secondary N) is 2. The van der Waals surface area contributed by atoms with Crippen LogP contribution < -0.4 is 10.6 Å². The normalized spacial score (nSPS) is 28.6. The highest BCUT2D eigenvalue weighted by Crippen LogP contribution is 2.35. The van der Waals surface area contributed by atoms with Gasteiger partial charge in [0.15, 0.2) is 0 Å². The van der Waals surface area contributed by atoms with Gasteiger partial charge in [-0.25, -0.2) is 0 Å². The average Bonchev–Trinajstić information content (AvgIpc) is 2.67. The highest BCUT2D eigenvalue weighted by atomic mass is 16.1. The molecule has 0 spiro atoms. The maximum atomic E-state index is 10.2. The largest absolute Gasteiger partial charge is 0.388 e. The van der Waals surface area contributed by atoms with Crippen molar-refractivity contribution in [3.8, 4) is 0 Å². The van der Waals surface area contributed by atoms with E-state index in [0.29, 0.717) is 5.92 Å². The summed E-state index contributed by atoms with van der Waals surface area (Å²) in [6, 6.07) is 0. The van der Waals surface area contributed by atoms with E-state index >= 15 is 0 Å². The second-order valence-electron chi connectivity index (χ2n) is 3.60. The van der Waals surface area contributed by atoms with Crippen molar-refractivity contribution in [2.24, 2.45) is 11.8 Å². The van der Waals surface area contributed by atoms with Crippen molar-refractivity contribution >= 4 is 6.29 Å². The summed E-state index contributed by atoms with van der Waals surface area (Å²) in [6.07, 6.45) is 5.14. The van der Waals surface area contributed by atoms with Crippen molar-refractivity contribution in [1.82, 2.24) is 10.6 Å². The average molecular weight is 182 g/mol. The van der Waals surface area contributed by atoms with Crippen LogP contribution in [-0.4, -0.2) is 26.9 Å². The molecule has 2 unspecified atom stereocenters. The first-order valence-electron chi connectivity index (χ1n) is 4.78. The minimum absolute atomic E-state index is 0.550. The molecule has 3 nitrogen and oxygen atoms in total. The number of hydrogen-bond donors (Lipinski definition) is 2. The summed E-state index contributed by atoms with van der Waals surface area (Å²) in [7, 11) is 3.75. The maximum absolute atomic E-state index is 10.2. The van der Waals surface area contributed by atoms with Crippen molar-refractivity contribution in [2.45, 2.75) is 12.8 Å². The van der Waals surface area contributed by atoms with Gasteiger partial charge in [0.05, 0.1) is 0 Å². The van der Waals surface area contributed by atoms with Crippen LogP contribution in [0.1, 0.15) is 12.8 Å². The molecule has 0 amide bonds. The molecule has 1 aliphatic heterocycles. The van der Waals surface area contributed by atoms with Gasteiger partial charge in [-0.05, 0) is 32.4 Å². The van der Waals surface area contributed by atoms with Gasteiger partial charge in [0.2, 0.25) is 0 Å². The minimum atomic E-state index is 0.550. The van der Waals surface area contributed by atoms with Gasteiger partial charge < -0.3 is 15.4 Å². The lowest BCUT2D eigenvalue weighted by Gasteiger charge is -2.14. The molecule has 2 aliphatic rings. The Hall–Kier alpha value is -0.830. The van der Waals surface area contributed by atoms with E-state index in [1.54, 1.807) is 0 Å². The summed E-state index contributed by atoms with van der Waals surface area (Å²) in [5.74, 6) is 1.27. The van der Waals surface area contributed by atoms with E-state index < -0.39 is 0 Å². The number of aldehydes is 1. The zero-order valence-corrected chi connectivity index (χ0v) is 8.34. The fraction of sp³-hybridized carbons (Fsp3) is 0.700. The second-order valence-corrected chi connectivity index (χ2v) is 3.60. The summed E-state index contributed by atoms with van der Waals surface area (Å²) in [6.45, 7) is 1.09. The Morgan fingerprint density at radius 3 is 2.77 bits per heavy atom. The van der Waals surface area contributed by atoms with Crippen LogP contribution in [0.15, 0.2) is 11.8 Å². The number of carbonyl (C=O) groups is 1. The monoisotopic (exact) mass is 182 g/mol. The zero-order valence-electron chi connectivity index (χ0n) is 8.34. The SMILES string of the molecule is CNC.O=CCC1C=C2CC1CN2. The second kappa shape index (κ2) is 5.02. The van der Waals surface area contributed by atoms with Gasteiger partial charge in [-0.1, -0.05) is 6.08 Å². The van der Waals surface area contributed by atoms with Gasteiger partial charge in [0.25, 0.3) is 0 Å². The van der Waals surface area contributed by atoms with Crippen LogP contribution in [0.2, 0.25) is 0 Å². The molecular formula is C10H18N2O. The number of fused-ring (bicyclic) bond motifs is 2.